The highest BCUT2D eigenvalue weighted by atomic mass is 28.3. The predicted molar refractivity (Wildman–Crippen MR) is 297 cm³/mol. The van der Waals surface area contributed by atoms with Crippen LogP contribution in [0.25, 0.3) is 77.4 Å². The van der Waals surface area contributed by atoms with E-state index in [0.717, 1.165) is 44.5 Å². The van der Waals surface area contributed by atoms with E-state index in [0.29, 0.717) is 36.5 Å². The van der Waals surface area contributed by atoms with Crippen molar-refractivity contribution in [1.29, 1.82) is 0 Å². The SMILES string of the molecule is CC(C)c1cccc(C(C)C)c1-c1c(CCc2nc3c4cccnc4c4c([Si](C)(C)C)cccc4n3c2-c2c(C(C)C)cccc2C(C)C)nc2c3cccnc3c3c([Si](C)(C)C)cccc3n12. The Morgan fingerprint density at radius 1 is 0.426 bits per heavy atom. The molecule has 0 saturated heterocycles. The van der Waals surface area contributed by atoms with E-state index in [9.17, 15) is 0 Å². The number of rotatable bonds is 11. The fourth-order valence-corrected chi connectivity index (χ4v) is 14.5. The van der Waals surface area contributed by atoms with E-state index in [1.807, 2.05) is 12.4 Å². The van der Waals surface area contributed by atoms with Gasteiger partial charge in [0.25, 0.3) is 0 Å². The second kappa shape index (κ2) is 16.9. The van der Waals surface area contributed by atoms with Gasteiger partial charge in [-0.05, 0) is 106 Å². The molecule has 0 bridgehead atoms. The van der Waals surface area contributed by atoms with Gasteiger partial charge in [-0.1, -0.05) is 155 Å². The fraction of sp³-hybridized carbons (Fsp3) is 0.333. The Kier molecular flexibility index (Phi) is 11.4. The summed E-state index contributed by atoms with van der Waals surface area (Å²) < 4.78 is 5.07. The third-order valence-corrected chi connectivity index (χ3v) is 18.5. The summed E-state index contributed by atoms with van der Waals surface area (Å²) in [7, 11) is -3.66. The Morgan fingerprint density at radius 3 is 1.09 bits per heavy atom. The van der Waals surface area contributed by atoms with Crippen LogP contribution in [0.5, 0.6) is 0 Å². The Morgan fingerprint density at radius 2 is 0.765 bits per heavy atom. The molecule has 10 rings (SSSR count). The molecule has 0 aliphatic rings. The molecule has 0 aliphatic carbocycles. The standard InChI is InChI=1S/C60H68N6Si2/c1-35(2)39-21-15-22-40(36(3)4)51(39)57-45(63-59-43-25-19-33-61-55(43)53-47(65(57)59)27-17-29-49(53)67(9,10)11)31-32-46-58(52-41(37(5)6)23-16-24-42(52)38(7)8)66-48-28-18-30-50(68(12,13)14)54(48)56-44(60(66)64-46)26-20-34-62-56/h15-30,33-38H,31-32H2,1-14H3. The first kappa shape index (κ1) is 45.8. The first-order valence-corrected chi connectivity index (χ1v) is 32.1. The van der Waals surface area contributed by atoms with Crippen molar-refractivity contribution in [1.82, 2.24) is 28.7 Å². The highest BCUT2D eigenvalue weighted by Gasteiger charge is 2.31. The Labute approximate surface area is 405 Å². The molecule has 6 heterocycles. The summed E-state index contributed by atoms with van der Waals surface area (Å²) in [5, 5.41) is 7.55. The van der Waals surface area contributed by atoms with E-state index in [1.54, 1.807) is 0 Å². The average Bonchev–Trinajstić information content (AvgIpc) is 3.89. The van der Waals surface area contributed by atoms with Crippen LogP contribution in [0.15, 0.2) is 109 Å². The van der Waals surface area contributed by atoms with E-state index in [2.05, 4.69) is 201 Å². The van der Waals surface area contributed by atoms with Crippen LogP contribution >= 0.6 is 0 Å². The number of aromatic nitrogens is 6. The van der Waals surface area contributed by atoms with Gasteiger partial charge in [-0.15, -0.1) is 0 Å². The Hall–Kier alpha value is -5.97. The van der Waals surface area contributed by atoms with Crippen LogP contribution < -0.4 is 10.4 Å². The van der Waals surface area contributed by atoms with Crippen molar-refractivity contribution in [3.63, 3.8) is 0 Å². The van der Waals surface area contributed by atoms with Crippen molar-refractivity contribution in [2.24, 2.45) is 0 Å². The number of hydrogen-bond acceptors (Lipinski definition) is 4. The quantitative estimate of drug-likeness (QED) is 0.0958. The summed E-state index contributed by atoms with van der Waals surface area (Å²) in [4.78, 5) is 22.0. The molecule has 0 saturated carbocycles. The third kappa shape index (κ3) is 7.32. The maximum absolute atomic E-state index is 5.86. The van der Waals surface area contributed by atoms with Gasteiger partial charge in [0.15, 0.2) is 0 Å². The number of benzene rings is 4. The van der Waals surface area contributed by atoms with Crippen LogP contribution in [0.3, 0.4) is 0 Å². The average molecular weight is 929 g/mol. The maximum Gasteiger partial charge on any atom is 0.147 e. The van der Waals surface area contributed by atoms with Crippen molar-refractivity contribution in [2.75, 3.05) is 0 Å². The summed E-state index contributed by atoms with van der Waals surface area (Å²) in [6, 6.07) is 36.5. The molecule has 0 radical (unpaired) electrons. The monoisotopic (exact) mass is 929 g/mol. The van der Waals surface area contributed by atoms with E-state index < -0.39 is 16.1 Å². The van der Waals surface area contributed by atoms with Gasteiger partial charge in [0.2, 0.25) is 0 Å². The molecule has 6 aromatic heterocycles. The van der Waals surface area contributed by atoms with E-state index in [-0.39, 0.29) is 0 Å². The topological polar surface area (TPSA) is 60.4 Å². The number of nitrogens with zero attached hydrogens (tertiary/aromatic N) is 6. The minimum absolute atomic E-state index is 0.302. The van der Waals surface area contributed by atoms with Gasteiger partial charge in [0.05, 0.1) is 61.0 Å². The largest absolute Gasteiger partial charge is 0.291 e. The van der Waals surface area contributed by atoms with E-state index in [4.69, 9.17) is 19.9 Å². The lowest BCUT2D eigenvalue weighted by Crippen LogP contribution is -2.38. The van der Waals surface area contributed by atoms with Gasteiger partial charge in [-0.3, -0.25) is 18.8 Å². The molecule has 0 amide bonds. The van der Waals surface area contributed by atoms with Gasteiger partial charge >= 0.3 is 0 Å². The number of imidazole rings is 2. The number of hydrogen-bond donors (Lipinski definition) is 0. The minimum Gasteiger partial charge on any atom is -0.291 e. The molecule has 346 valence electrons. The lowest BCUT2D eigenvalue weighted by molar-refractivity contribution is 0.830. The van der Waals surface area contributed by atoms with E-state index >= 15 is 0 Å². The molecule has 6 nitrogen and oxygen atoms in total. The molecular formula is C60H68N6Si2. The molecule has 10 aromatic rings. The van der Waals surface area contributed by atoms with Crippen LogP contribution in [-0.2, 0) is 12.8 Å². The van der Waals surface area contributed by atoms with Gasteiger partial charge in [0, 0.05) is 45.1 Å². The summed E-state index contributed by atoms with van der Waals surface area (Å²) in [5.74, 6) is 1.21. The molecule has 0 spiro atoms. The van der Waals surface area contributed by atoms with Crippen molar-refractivity contribution >= 4 is 81.4 Å². The van der Waals surface area contributed by atoms with Crippen molar-refractivity contribution in [3.05, 3.63) is 143 Å². The first-order valence-electron chi connectivity index (χ1n) is 25.1. The van der Waals surface area contributed by atoms with Crippen molar-refractivity contribution < 1.29 is 0 Å². The van der Waals surface area contributed by atoms with Gasteiger partial charge in [-0.25, -0.2) is 9.97 Å². The summed E-state index contributed by atoms with van der Waals surface area (Å²) in [6.07, 6.45) is 5.31. The van der Waals surface area contributed by atoms with Crippen LogP contribution in [0, 0.1) is 0 Å². The molecular weight excluding hydrogens is 861 g/mol. The normalized spacial score (nSPS) is 12.9. The zero-order valence-corrected chi connectivity index (χ0v) is 44.8. The zero-order valence-electron chi connectivity index (χ0n) is 42.8. The van der Waals surface area contributed by atoms with Gasteiger partial charge < -0.3 is 0 Å². The molecule has 0 fully saturated rings. The third-order valence-electron chi connectivity index (χ3n) is 14.5. The highest BCUT2D eigenvalue weighted by molar-refractivity contribution is 6.91. The van der Waals surface area contributed by atoms with E-state index in [1.165, 1.54) is 76.9 Å². The Balaban J connectivity index is 1.35. The smallest absolute Gasteiger partial charge is 0.147 e. The number of fused-ring (bicyclic) bond motifs is 12. The lowest BCUT2D eigenvalue weighted by Gasteiger charge is -2.24. The lowest BCUT2D eigenvalue weighted by atomic mass is 9.85. The predicted octanol–water partition coefficient (Wildman–Crippen LogP) is 15.1. The number of aryl methyl sites for hydroxylation is 2. The summed E-state index contributed by atoms with van der Waals surface area (Å²) >= 11 is 0. The summed E-state index contributed by atoms with van der Waals surface area (Å²) in [5.41, 5.74) is 19.0. The second-order valence-corrected chi connectivity index (χ2v) is 32.6. The highest BCUT2D eigenvalue weighted by Crippen LogP contribution is 2.44. The molecule has 0 unspecified atom stereocenters. The van der Waals surface area contributed by atoms with Crippen molar-refractivity contribution in [2.45, 2.75) is 131 Å². The maximum atomic E-state index is 5.86. The molecule has 0 atom stereocenters. The molecule has 0 N–H and O–H groups in total. The molecule has 4 aromatic carbocycles. The van der Waals surface area contributed by atoms with Crippen LogP contribution in [0.1, 0.15) is 113 Å². The van der Waals surface area contributed by atoms with Crippen LogP contribution in [-0.4, -0.2) is 44.9 Å². The van der Waals surface area contributed by atoms with Crippen LogP contribution in [0.4, 0.5) is 0 Å². The second-order valence-electron chi connectivity index (χ2n) is 22.6. The first-order chi connectivity index (χ1) is 32.4. The molecule has 68 heavy (non-hydrogen) atoms. The van der Waals surface area contributed by atoms with Crippen LogP contribution in [0.2, 0.25) is 39.3 Å². The summed E-state index contributed by atoms with van der Waals surface area (Å²) in [6.45, 7) is 33.4. The van der Waals surface area contributed by atoms with Gasteiger partial charge in [-0.2, -0.15) is 0 Å². The molecule has 8 heteroatoms. The van der Waals surface area contributed by atoms with Crippen molar-refractivity contribution in [3.8, 4) is 22.5 Å². The Bertz CT molecular complexity index is 3320. The number of pyridine rings is 4. The molecule has 0 aliphatic heterocycles. The van der Waals surface area contributed by atoms with Gasteiger partial charge in [0.1, 0.15) is 11.3 Å². The zero-order chi connectivity index (χ0) is 48.1. The minimum atomic E-state index is -1.83. The fourth-order valence-electron chi connectivity index (χ4n) is 11.3.